The van der Waals surface area contributed by atoms with Crippen LogP contribution in [0.25, 0.3) is 0 Å². The van der Waals surface area contributed by atoms with Gasteiger partial charge in [-0.15, -0.1) is 0 Å². The Morgan fingerprint density at radius 3 is 2.73 bits per heavy atom. The van der Waals surface area contributed by atoms with Crippen molar-refractivity contribution in [2.24, 2.45) is 5.92 Å². The molecule has 1 saturated carbocycles. The lowest BCUT2D eigenvalue weighted by atomic mass is 10.1. The van der Waals surface area contributed by atoms with Gasteiger partial charge in [-0.2, -0.15) is 0 Å². The van der Waals surface area contributed by atoms with E-state index < -0.39 is 9.84 Å². The lowest BCUT2D eigenvalue weighted by Gasteiger charge is -2.27. The van der Waals surface area contributed by atoms with Gasteiger partial charge in [-0.05, 0) is 55.5 Å². The van der Waals surface area contributed by atoms with E-state index in [9.17, 15) is 13.2 Å². The summed E-state index contributed by atoms with van der Waals surface area (Å²) in [7, 11) is -3.12. The number of nitrogens with zero attached hydrogens (tertiary/aromatic N) is 1. The fraction of sp³-hybridized carbons (Fsp3) is 0.522. The molecule has 1 aromatic heterocycles. The average molecular weight is 432 g/mol. The highest BCUT2D eigenvalue weighted by atomic mass is 32.2. The van der Waals surface area contributed by atoms with E-state index in [0.717, 1.165) is 18.6 Å². The van der Waals surface area contributed by atoms with Gasteiger partial charge in [-0.25, -0.2) is 8.42 Å². The number of hydrogen-bond acceptors (Lipinski definition) is 5. The first-order chi connectivity index (χ1) is 14.4. The molecule has 2 heterocycles. The summed E-state index contributed by atoms with van der Waals surface area (Å²) in [6.07, 6.45) is 2.46. The normalized spacial score (nSPS) is 24.5. The van der Waals surface area contributed by atoms with Gasteiger partial charge in [0.2, 0.25) is 0 Å². The Morgan fingerprint density at radius 2 is 2.07 bits per heavy atom. The molecule has 4 rings (SSSR count). The smallest absolute Gasteiger partial charge is 0.254 e. The van der Waals surface area contributed by atoms with Gasteiger partial charge in [0.15, 0.2) is 9.84 Å². The van der Waals surface area contributed by atoms with Gasteiger partial charge in [0.25, 0.3) is 5.91 Å². The molecule has 162 valence electrons. The van der Waals surface area contributed by atoms with Crippen molar-refractivity contribution in [1.82, 2.24) is 4.90 Å². The quantitative estimate of drug-likeness (QED) is 0.631. The molecule has 1 saturated heterocycles. The average Bonchev–Trinajstić information content (AvgIpc) is 3.11. The third-order valence-electron chi connectivity index (χ3n) is 5.95. The SMILES string of the molecule is CCCOc1cccc(C(=O)N(Cc2ccc(C3CC3C)o2)C2CCS(=O)(=O)C2)c1. The van der Waals surface area contributed by atoms with Gasteiger partial charge < -0.3 is 14.1 Å². The highest BCUT2D eigenvalue weighted by molar-refractivity contribution is 7.91. The Bertz CT molecular complexity index is 1010. The van der Waals surface area contributed by atoms with Crippen LogP contribution in [0.2, 0.25) is 0 Å². The molecule has 3 atom stereocenters. The van der Waals surface area contributed by atoms with Crippen LogP contribution in [0.5, 0.6) is 5.75 Å². The second kappa shape index (κ2) is 8.46. The van der Waals surface area contributed by atoms with Crippen LogP contribution >= 0.6 is 0 Å². The van der Waals surface area contributed by atoms with E-state index in [4.69, 9.17) is 9.15 Å². The molecule has 1 aromatic carbocycles. The summed E-state index contributed by atoms with van der Waals surface area (Å²) in [5, 5.41) is 0. The summed E-state index contributed by atoms with van der Waals surface area (Å²) in [5.74, 6) is 3.30. The summed E-state index contributed by atoms with van der Waals surface area (Å²) >= 11 is 0. The zero-order valence-corrected chi connectivity index (χ0v) is 18.4. The number of hydrogen-bond donors (Lipinski definition) is 0. The van der Waals surface area contributed by atoms with E-state index in [-0.39, 0.29) is 30.0 Å². The molecule has 0 spiro atoms. The van der Waals surface area contributed by atoms with Crippen LogP contribution in [0.1, 0.15) is 60.9 Å². The molecule has 30 heavy (non-hydrogen) atoms. The molecule has 2 aromatic rings. The Hall–Kier alpha value is -2.28. The number of rotatable bonds is 8. The molecule has 3 unspecified atom stereocenters. The van der Waals surface area contributed by atoms with Gasteiger partial charge in [0.1, 0.15) is 17.3 Å². The third-order valence-corrected chi connectivity index (χ3v) is 7.70. The van der Waals surface area contributed by atoms with E-state index in [0.29, 0.717) is 41.9 Å². The summed E-state index contributed by atoms with van der Waals surface area (Å²) in [4.78, 5) is 15.1. The van der Waals surface area contributed by atoms with E-state index in [1.54, 1.807) is 23.1 Å². The van der Waals surface area contributed by atoms with Gasteiger partial charge in [-0.1, -0.05) is 19.9 Å². The minimum absolute atomic E-state index is 0.00199. The van der Waals surface area contributed by atoms with Crippen molar-refractivity contribution in [3.63, 3.8) is 0 Å². The highest BCUT2D eigenvalue weighted by Gasteiger charge is 2.38. The monoisotopic (exact) mass is 431 g/mol. The number of amides is 1. The molecule has 6 nitrogen and oxygen atoms in total. The summed E-state index contributed by atoms with van der Waals surface area (Å²) in [5.41, 5.74) is 0.496. The second-order valence-corrected chi connectivity index (χ2v) is 10.7. The maximum atomic E-state index is 13.4. The maximum Gasteiger partial charge on any atom is 0.254 e. The second-order valence-electron chi connectivity index (χ2n) is 8.49. The Labute approximate surface area is 178 Å². The lowest BCUT2D eigenvalue weighted by molar-refractivity contribution is 0.0664. The summed E-state index contributed by atoms with van der Waals surface area (Å²) in [6.45, 7) is 5.06. The predicted octanol–water partition coefficient (Wildman–Crippen LogP) is 4.02. The largest absolute Gasteiger partial charge is 0.494 e. The van der Waals surface area contributed by atoms with Gasteiger partial charge in [-0.3, -0.25) is 4.79 Å². The van der Waals surface area contributed by atoms with Crippen molar-refractivity contribution < 1.29 is 22.4 Å². The molecule has 2 fully saturated rings. The van der Waals surface area contributed by atoms with Crippen molar-refractivity contribution in [3.05, 3.63) is 53.5 Å². The number of carbonyl (C=O) groups excluding carboxylic acids is 1. The Morgan fingerprint density at radius 1 is 1.27 bits per heavy atom. The van der Waals surface area contributed by atoms with Gasteiger partial charge in [0.05, 0.1) is 24.7 Å². The predicted molar refractivity (Wildman–Crippen MR) is 114 cm³/mol. The number of benzene rings is 1. The lowest BCUT2D eigenvalue weighted by Crippen LogP contribution is -2.40. The number of sulfone groups is 1. The molecule has 1 amide bonds. The fourth-order valence-corrected chi connectivity index (χ4v) is 5.79. The van der Waals surface area contributed by atoms with E-state index in [1.807, 2.05) is 25.1 Å². The van der Waals surface area contributed by atoms with Crippen molar-refractivity contribution in [1.29, 1.82) is 0 Å². The molecule has 1 aliphatic carbocycles. The molecule has 0 radical (unpaired) electrons. The molecule has 1 aliphatic heterocycles. The van der Waals surface area contributed by atoms with E-state index in [2.05, 4.69) is 6.92 Å². The topological polar surface area (TPSA) is 76.8 Å². The van der Waals surface area contributed by atoms with Crippen molar-refractivity contribution in [3.8, 4) is 5.75 Å². The van der Waals surface area contributed by atoms with E-state index in [1.165, 1.54) is 0 Å². The number of carbonyl (C=O) groups is 1. The summed E-state index contributed by atoms with van der Waals surface area (Å²) in [6, 6.07) is 10.6. The molecular formula is C23H29NO5S. The molecular weight excluding hydrogens is 402 g/mol. The maximum absolute atomic E-state index is 13.4. The number of furan rings is 1. The van der Waals surface area contributed by atoms with Crippen molar-refractivity contribution in [2.45, 2.75) is 51.6 Å². The minimum atomic E-state index is -3.12. The van der Waals surface area contributed by atoms with Crippen molar-refractivity contribution >= 4 is 15.7 Å². The van der Waals surface area contributed by atoms with Crippen LogP contribution < -0.4 is 4.74 Å². The molecule has 7 heteroatoms. The summed E-state index contributed by atoms with van der Waals surface area (Å²) < 4.78 is 35.9. The third kappa shape index (κ3) is 4.72. The zero-order valence-electron chi connectivity index (χ0n) is 17.5. The van der Waals surface area contributed by atoms with Gasteiger partial charge in [0, 0.05) is 17.5 Å². The van der Waals surface area contributed by atoms with E-state index >= 15 is 0 Å². The first-order valence-electron chi connectivity index (χ1n) is 10.7. The Balaban J connectivity index is 1.57. The number of ether oxygens (including phenoxy) is 1. The van der Waals surface area contributed by atoms with Gasteiger partial charge >= 0.3 is 0 Å². The zero-order chi connectivity index (χ0) is 21.3. The first kappa shape index (κ1) is 21.0. The van der Waals surface area contributed by atoms with Crippen LogP contribution in [-0.2, 0) is 16.4 Å². The van der Waals surface area contributed by atoms with Crippen LogP contribution in [0.3, 0.4) is 0 Å². The fourth-order valence-electron chi connectivity index (χ4n) is 4.06. The van der Waals surface area contributed by atoms with Crippen LogP contribution in [-0.4, -0.2) is 43.4 Å². The molecule has 0 N–H and O–H groups in total. The van der Waals surface area contributed by atoms with Crippen LogP contribution in [0.15, 0.2) is 40.8 Å². The van der Waals surface area contributed by atoms with Crippen LogP contribution in [0, 0.1) is 5.92 Å². The molecule has 0 bridgehead atoms. The molecule has 2 aliphatic rings. The Kier molecular flexibility index (Phi) is 5.91. The van der Waals surface area contributed by atoms with Crippen LogP contribution in [0.4, 0.5) is 0 Å². The first-order valence-corrected chi connectivity index (χ1v) is 12.5. The standard InChI is InChI=1S/C23H29NO5S/c1-3-10-28-19-6-4-5-17(13-19)23(25)24(18-9-11-30(26,27)15-18)14-20-7-8-22(29-20)21-12-16(21)2/h4-8,13,16,18,21H,3,9-12,14-15H2,1-2H3. The van der Waals surface area contributed by atoms with Crippen molar-refractivity contribution in [2.75, 3.05) is 18.1 Å². The minimum Gasteiger partial charge on any atom is -0.494 e. The highest BCUT2D eigenvalue weighted by Crippen LogP contribution is 2.47.